The fourth-order valence-electron chi connectivity index (χ4n) is 7.28. The van der Waals surface area contributed by atoms with E-state index in [9.17, 15) is 23.3 Å². The van der Waals surface area contributed by atoms with Gasteiger partial charge in [0.05, 0.1) is 16.9 Å². The molecule has 57 heavy (non-hydrogen) atoms. The minimum Gasteiger partial charge on any atom is -0.497 e. The maximum Gasteiger partial charge on any atom is 0.293 e. The molecule has 0 unspecified atom stereocenters. The Kier molecular flexibility index (Phi) is 14.3. The number of piperazine rings is 1. The second-order valence-corrected chi connectivity index (χ2v) is 17.5. The zero-order valence-electron chi connectivity index (χ0n) is 32.9. The Balaban J connectivity index is 1.05. The summed E-state index contributed by atoms with van der Waals surface area (Å²) in [6.45, 7) is 5.18. The summed E-state index contributed by atoms with van der Waals surface area (Å²) in [7, 11) is 1.19. The van der Waals surface area contributed by atoms with Crippen LogP contribution in [0.5, 0.6) is 5.75 Å². The van der Waals surface area contributed by atoms with Crippen molar-refractivity contribution in [1.82, 2.24) is 14.5 Å². The predicted octanol–water partition coefficient (Wildman–Crippen LogP) is 7.40. The summed E-state index contributed by atoms with van der Waals surface area (Å²) in [5, 5.41) is 15.5. The Labute approximate surface area is 340 Å². The molecule has 1 atom stereocenters. The van der Waals surface area contributed by atoms with Gasteiger partial charge in [0, 0.05) is 66.7 Å². The lowest BCUT2D eigenvalue weighted by molar-refractivity contribution is -0.384. The summed E-state index contributed by atoms with van der Waals surface area (Å²) in [5.74, 6) is 0.695. The second-order valence-electron chi connectivity index (χ2n) is 14.8. The molecule has 1 amide bonds. The number of nitro groups is 1. The van der Waals surface area contributed by atoms with Gasteiger partial charge in [-0.2, -0.15) is 0 Å². The molecule has 2 aliphatic rings. The molecular formula is C43H52N6O6S2. The zero-order valence-corrected chi connectivity index (χ0v) is 34.5. The first-order chi connectivity index (χ1) is 27.5. The van der Waals surface area contributed by atoms with Gasteiger partial charge in [0.25, 0.3) is 21.6 Å². The molecule has 1 aliphatic heterocycles. The van der Waals surface area contributed by atoms with Gasteiger partial charge in [-0.25, -0.2) is 13.1 Å². The third kappa shape index (κ3) is 11.4. The number of sulfonamides is 1. The third-order valence-electron chi connectivity index (χ3n) is 10.5. The number of hydrogen-bond acceptors (Lipinski definition) is 11. The minimum atomic E-state index is -4.42. The number of nitrogens with zero attached hydrogens (tertiary/aromatic N) is 4. The van der Waals surface area contributed by atoms with Crippen molar-refractivity contribution in [3.63, 3.8) is 0 Å². The first kappa shape index (κ1) is 41.7. The summed E-state index contributed by atoms with van der Waals surface area (Å²) in [6, 6.07) is 28.7. The van der Waals surface area contributed by atoms with Crippen molar-refractivity contribution in [2.24, 2.45) is 0 Å². The molecule has 0 spiro atoms. The molecule has 0 radical (unpaired) electrons. The number of anilines is 2. The van der Waals surface area contributed by atoms with Gasteiger partial charge in [-0.3, -0.25) is 19.8 Å². The maximum absolute atomic E-state index is 13.4. The number of nitro benzene ring substituents is 1. The first-order valence-electron chi connectivity index (χ1n) is 19.4. The van der Waals surface area contributed by atoms with Gasteiger partial charge in [0.2, 0.25) is 0 Å². The highest BCUT2D eigenvalue weighted by atomic mass is 32.2. The number of carbonyl (C=O) groups is 1. The second kappa shape index (κ2) is 19.5. The molecule has 0 aromatic heterocycles. The molecule has 1 heterocycles. The Morgan fingerprint density at radius 1 is 0.930 bits per heavy atom. The van der Waals surface area contributed by atoms with E-state index in [1.54, 1.807) is 31.0 Å². The van der Waals surface area contributed by atoms with Gasteiger partial charge in [-0.1, -0.05) is 35.9 Å². The van der Waals surface area contributed by atoms with Crippen LogP contribution in [0.4, 0.5) is 17.1 Å². The van der Waals surface area contributed by atoms with Gasteiger partial charge in [0.15, 0.2) is 0 Å². The molecule has 1 fully saturated rings. The lowest BCUT2D eigenvalue weighted by atomic mass is 9.87. The van der Waals surface area contributed by atoms with Crippen LogP contribution in [0, 0.1) is 10.1 Å². The molecule has 1 aliphatic carbocycles. The molecule has 1 saturated heterocycles. The Morgan fingerprint density at radius 2 is 1.63 bits per heavy atom. The summed E-state index contributed by atoms with van der Waals surface area (Å²) >= 11 is 1.64. The lowest BCUT2D eigenvalue weighted by Crippen LogP contribution is -2.47. The largest absolute Gasteiger partial charge is 0.497 e. The average Bonchev–Trinajstić information content (AvgIpc) is 3.22. The first-order valence-corrected chi connectivity index (χ1v) is 21.8. The highest BCUT2D eigenvalue weighted by Gasteiger charge is 2.26. The van der Waals surface area contributed by atoms with Crippen molar-refractivity contribution in [3.8, 4) is 5.75 Å². The standard InChI is InChI=1S/C43H52N6O6S2/c1-46(2)24-23-35(31-56-38-10-5-4-6-11-38)44-41-22-21-39(29-42(41)49(51)52)57(53,54)45-43(50)33-13-17-36(18-14-33)48-27-25-47(26-28-48)30-34-9-7-8-12-40(34)32-15-19-37(55-3)20-16-32/h4-6,10-11,13-22,29,35,44H,7-9,12,23-28,30-31H2,1-3H3,(H,45,50)/t35-/m1/s1. The van der Waals surface area contributed by atoms with E-state index in [1.165, 1.54) is 41.7 Å². The van der Waals surface area contributed by atoms with Gasteiger partial charge in [-0.15, -0.1) is 11.8 Å². The number of hydrogen-bond donors (Lipinski definition) is 2. The summed E-state index contributed by atoms with van der Waals surface area (Å²) in [5.41, 5.74) is 5.21. The lowest BCUT2D eigenvalue weighted by Gasteiger charge is -2.37. The summed E-state index contributed by atoms with van der Waals surface area (Å²) in [6.07, 6.45) is 5.35. The number of ether oxygens (including phenoxy) is 1. The van der Waals surface area contributed by atoms with Crippen molar-refractivity contribution < 1.29 is 22.9 Å². The monoisotopic (exact) mass is 812 g/mol. The van der Waals surface area contributed by atoms with Crippen LogP contribution in [-0.4, -0.2) is 101 Å². The Morgan fingerprint density at radius 3 is 2.30 bits per heavy atom. The smallest absolute Gasteiger partial charge is 0.293 e. The number of carbonyl (C=O) groups excluding carboxylic acids is 1. The molecule has 2 N–H and O–H groups in total. The number of methoxy groups -OCH3 is 1. The summed E-state index contributed by atoms with van der Waals surface area (Å²) < 4.78 is 34.2. The molecule has 14 heteroatoms. The van der Waals surface area contributed by atoms with Crippen LogP contribution in [0.15, 0.2) is 112 Å². The van der Waals surface area contributed by atoms with Crippen LogP contribution in [0.25, 0.3) is 5.57 Å². The normalized spacial score (nSPS) is 15.7. The van der Waals surface area contributed by atoms with E-state index < -0.39 is 20.9 Å². The van der Waals surface area contributed by atoms with E-state index in [0.717, 1.165) is 74.5 Å². The van der Waals surface area contributed by atoms with Gasteiger partial charge < -0.3 is 19.9 Å². The fraction of sp³-hybridized carbons (Fsp3) is 0.372. The van der Waals surface area contributed by atoms with Gasteiger partial charge >= 0.3 is 0 Å². The highest BCUT2D eigenvalue weighted by Crippen LogP contribution is 2.34. The predicted molar refractivity (Wildman–Crippen MR) is 229 cm³/mol. The molecular weight excluding hydrogens is 761 g/mol. The molecule has 302 valence electrons. The molecule has 0 saturated carbocycles. The topological polar surface area (TPSA) is 137 Å². The number of nitrogens with one attached hydrogen (secondary N) is 2. The van der Waals surface area contributed by atoms with Crippen molar-refractivity contribution in [3.05, 3.63) is 124 Å². The van der Waals surface area contributed by atoms with E-state index in [0.29, 0.717) is 12.2 Å². The number of rotatable bonds is 17. The van der Waals surface area contributed by atoms with E-state index in [4.69, 9.17) is 4.74 Å². The summed E-state index contributed by atoms with van der Waals surface area (Å²) in [4.78, 5) is 32.3. The molecule has 4 aromatic rings. The van der Waals surface area contributed by atoms with E-state index in [-0.39, 0.29) is 27.9 Å². The van der Waals surface area contributed by atoms with E-state index in [1.807, 2.05) is 73.6 Å². The van der Waals surface area contributed by atoms with Crippen LogP contribution in [0.2, 0.25) is 0 Å². The Bertz CT molecular complexity index is 2120. The number of thioether (sulfide) groups is 1. The van der Waals surface area contributed by atoms with Crippen LogP contribution in [0.1, 0.15) is 48.0 Å². The van der Waals surface area contributed by atoms with Crippen molar-refractivity contribution in [2.45, 2.75) is 47.9 Å². The Hall–Kier alpha value is -4.89. The molecule has 12 nitrogen and oxygen atoms in total. The minimum absolute atomic E-state index is 0.136. The highest BCUT2D eigenvalue weighted by molar-refractivity contribution is 7.99. The van der Waals surface area contributed by atoms with Crippen LogP contribution in [-0.2, 0) is 10.0 Å². The van der Waals surface area contributed by atoms with E-state index >= 15 is 0 Å². The zero-order chi connectivity index (χ0) is 40.4. The molecule has 4 aromatic carbocycles. The number of amides is 1. The van der Waals surface area contributed by atoms with Crippen LogP contribution >= 0.6 is 11.8 Å². The number of allylic oxidation sites excluding steroid dienone is 1. The SMILES string of the molecule is COc1ccc(C2=C(CN3CCN(c4ccc(C(=O)NS(=O)(=O)c5ccc(N[C@H](CCN(C)C)CSc6ccccc6)c([N+](=O)[O-])c5)cc4)CC3)CCCC2)cc1. The molecule has 6 rings (SSSR count). The fourth-order valence-corrected chi connectivity index (χ4v) is 9.26. The van der Waals surface area contributed by atoms with Crippen molar-refractivity contribution in [2.75, 3.05) is 76.4 Å². The van der Waals surface area contributed by atoms with Crippen LogP contribution in [0.3, 0.4) is 0 Å². The van der Waals surface area contributed by atoms with Crippen LogP contribution < -0.4 is 19.7 Å². The maximum atomic E-state index is 13.4. The number of benzene rings is 4. The molecule has 0 bridgehead atoms. The van der Waals surface area contributed by atoms with Crippen molar-refractivity contribution in [1.29, 1.82) is 0 Å². The van der Waals surface area contributed by atoms with Gasteiger partial charge in [-0.05, 0) is 125 Å². The van der Waals surface area contributed by atoms with Gasteiger partial charge in [0.1, 0.15) is 11.4 Å². The van der Waals surface area contributed by atoms with E-state index in [2.05, 4.69) is 32.0 Å². The van der Waals surface area contributed by atoms with Crippen molar-refractivity contribution >= 4 is 50.3 Å². The quantitative estimate of drug-likeness (QED) is 0.0627. The average molecular weight is 813 g/mol. The third-order valence-corrected chi connectivity index (χ3v) is 13.0.